The molecule has 8 nitrogen and oxygen atoms in total. The first-order valence-corrected chi connectivity index (χ1v) is 10.3. The molecule has 1 atom stereocenters. The molecule has 0 bridgehead atoms. The van der Waals surface area contributed by atoms with Crippen molar-refractivity contribution in [1.29, 1.82) is 5.26 Å². The largest absolute Gasteiger partial charge is 0.607 e. The smallest absolute Gasteiger partial charge is 0.414 e. The van der Waals surface area contributed by atoms with E-state index in [1.54, 1.807) is 0 Å². The van der Waals surface area contributed by atoms with Crippen molar-refractivity contribution in [2.24, 2.45) is 13.0 Å². The molecule has 1 saturated heterocycles. The van der Waals surface area contributed by atoms with Crippen molar-refractivity contribution < 1.29 is 26.9 Å². The molecule has 13 heteroatoms. The number of piperidine rings is 1. The lowest BCUT2D eigenvalue weighted by molar-refractivity contribution is 0.000258. The van der Waals surface area contributed by atoms with Crippen LogP contribution in [-0.4, -0.2) is 48.6 Å². The zero-order valence-corrected chi connectivity index (χ0v) is 17.1. The molecule has 0 aromatic carbocycles. The van der Waals surface area contributed by atoms with Gasteiger partial charge in [-0.05, 0) is 25.0 Å². The number of nitriles is 1. The van der Waals surface area contributed by atoms with Crippen LogP contribution in [0.2, 0.25) is 0 Å². The molecule has 1 unspecified atom stereocenters. The molecular weight excluding hydrogens is 440 g/mol. The standard InChI is InChI=1S/C18H18F4N6O2S/c1-27-10-14(15(26-27)16(19)20)31(30)18(21,22)11-4-6-28(7-5-11)17(29)25-13-3-2-12(8-23)24-9-13/h2-3,9-11,16H,4-7H2,1H3,(H,25,29). The first-order valence-electron chi connectivity index (χ1n) is 9.17. The lowest BCUT2D eigenvalue weighted by atomic mass is 9.97. The predicted octanol–water partition coefficient (Wildman–Crippen LogP) is 3.27. The fourth-order valence-corrected chi connectivity index (χ4v) is 4.63. The lowest BCUT2D eigenvalue weighted by Gasteiger charge is -2.35. The third-order valence-corrected chi connectivity index (χ3v) is 6.40. The number of hydrogen-bond acceptors (Lipinski definition) is 5. The fourth-order valence-electron chi connectivity index (χ4n) is 3.23. The summed E-state index contributed by atoms with van der Waals surface area (Å²) in [5.41, 5.74) is -0.403. The number of nitrogens with zero attached hydrogens (tertiary/aromatic N) is 5. The Morgan fingerprint density at radius 2 is 2.06 bits per heavy atom. The number of halogens is 4. The fraction of sp³-hybridized carbons (Fsp3) is 0.444. The third kappa shape index (κ3) is 4.91. The van der Waals surface area contributed by atoms with Gasteiger partial charge in [0.1, 0.15) is 11.8 Å². The predicted molar refractivity (Wildman–Crippen MR) is 102 cm³/mol. The highest BCUT2D eigenvalue weighted by Crippen LogP contribution is 2.42. The summed E-state index contributed by atoms with van der Waals surface area (Å²) in [6.07, 6.45) is -1.21. The molecule has 3 heterocycles. The van der Waals surface area contributed by atoms with Crippen LogP contribution in [0.4, 0.5) is 28.0 Å². The first kappa shape index (κ1) is 22.8. The number of amides is 2. The Morgan fingerprint density at radius 3 is 2.61 bits per heavy atom. The monoisotopic (exact) mass is 458 g/mol. The number of alkyl halides is 4. The molecule has 2 aromatic heterocycles. The molecule has 1 N–H and O–H groups in total. The molecule has 166 valence electrons. The van der Waals surface area contributed by atoms with Crippen LogP contribution in [0.15, 0.2) is 29.4 Å². The van der Waals surface area contributed by atoms with E-state index in [2.05, 4.69) is 15.4 Å². The number of carbonyl (C=O) groups excluding carboxylic acids is 1. The van der Waals surface area contributed by atoms with Crippen molar-refractivity contribution in [1.82, 2.24) is 19.7 Å². The van der Waals surface area contributed by atoms with Gasteiger partial charge in [-0.1, -0.05) is 0 Å². The number of hydrogen-bond donors (Lipinski definition) is 1. The van der Waals surface area contributed by atoms with Gasteiger partial charge in [0.25, 0.3) is 6.43 Å². The molecule has 2 aromatic rings. The van der Waals surface area contributed by atoms with E-state index in [1.807, 2.05) is 6.07 Å². The van der Waals surface area contributed by atoms with E-state index in [4.69, 9.17) is 5.26 Å². The van der Waals surface area contributed by atoms with Crippen LogP contribution < -0.4 is 5.32 Å². The Kier molecular flexibility index (Phi) is 6.71. The van der Waals surface area contributed by atoms with Crippen LogP contribution in [0.25, 0.3) is 0 Å². The number of carbonyl (C=O) groups is 1. The topological polar surface area (TPSA) is 110 Å². The third-order valence-electron chi connectivity index (χ3n) is 4.86. The van der Waals surface area contributed by atoms with Gasteiger partial charge in [0.05, 0.1) is 35.2 Å². The van der Waals surface area contributed by atoms with Gasteiger partial charge in [0.15, 0.2) is 5.69 Å². The summed E-state index contributed by atoms with van der Waals surface area (Å²) in [6.45, 7) is -0.0521. The van der Waals surface area contributed by atoms with Gasteiger partial charge in [-0.25, -0.2) is 18.6 Å². The van der Waals surface area contributed by atoms with E-state index in [0.29, 0.717) is 5.69 Å². The van der Waals surface area contributed by atoms with E-state index in [9.17, 15) is 26.9 Å². The number of rotatable bonds is 5. The van der Waals surface area contributed by atoms with Crippen molar-refractivity contribution in [3.05, 3.63) is 35.9 Å². The Balaban J connectivity index is 1.62. The van der Waals surface area contributed by atoms with E-state index in [-0.39, 0.29) is 31.6 Å². The van der Waals surface area contributed by atoms with Crippen molar-refractivity contribution in [3.63, 3.8) is 0 Å². The molecule has 0 saturated carbocycles. The normalized spacial score (nSPS) is 16.3. The maximum atomic E-state index is 14.9. The van der Waals surface area contributed by atoms with Gasteiger partial charge in [0.2, 0.25) is 4.90 Å². The number of pyridine rings is 1. The average Bonchev–Trinajstić information content (AvgIpc) is 3.15. The van der Waals surface area contributed by atoms with Crippen LogP contribution in [0.3, 0.4) is 0 Å². The minimum absolute atomic E-state index is 0.0260. The SMILES string of the molecule is Cn1cc([S+]([O-])C(F)(F)C2CCN(C(=O)Nc3ccc(C#N)nc3)CC2)c(C(F)F)n1. The van der Waals surface area contributed by atoms with Gasteiger partial charge in [-0.3, -0.25) is 4.68 Å². The number of nitrogens with one attached hydrogen (secondary N) is 1. The molecule has 31 heavy (non-hydrogen) atoms. The summed E-state index contributed by atoms with van der Waals surface area (Å²) in [6, 6.07) is 4.23. The van der Waals surface area contributed by atoms with Crippen LogP contribution in [-0.2, 0) is 18.2 Å². The maximum Gasteiger partial charge on any atom is 0.414 e. The first-order chi connectivity index (χ1) is 14.6. The number of aromatic nitrogens is 3. The molecule has 1 aliphatic heterocycles. The molecule has 0 radical (unpaired) electrons. The van der Waals surface area contributed by atoms with Crippen molar-refractivity contribution in [2.75, 3.05) is 18.4 Å². The molecule has 0 aliphatic carbocycles. The van der Waals surface area contributed by atoms with Crippen LogP contribution >= 0.6 is 0 Å². The number of urea groups is 1. The Labute approximate surface area is 178 Å². The second-order valence-electron chi connectivity index (χ2n) is 6.92. The number of aryl methyl sites for hydroxylation is 1. The van der Waals surface area contributed by atoms with Gasteiger partial charge in [-0.2, -0.15) is 19.1 Å². The van der Waals surface area contributed by atoms with E-state index in [1.165, 1.54) is 30.3 Å². The second-order valence-corrected chi connectivity index (χ2v) is 8.44. The van der Waals surface area contributed by atoms with Gasteiger partial charge in [0, 0.05) is 20.1 Å². The van der Waals surface area contributed by atoms with Crippen molar-refractivity contribution >= 4 is 22.9 Å². The van der Waals surface area contributed by atoms with Crippen molar-refractivity contribution in [2.45, 2.75) is 29.4 Å². The van der Waals surface area contributed by atoms with E-state index < -0.39 is 45.4 Å². The Hall–Kier alpha value is -2.85. The Morgan fingerprint density at radius 1 is 1.39 bits per heavy atom. The number of likely N-dealkylation sites (tertiary alicyclic amines) is 1. The van der Waals surface area contributed by atoms with Gasteiger partial charge in [-0.15, -0.1) is 0 Å². The van der Waals surface area contributed by atoms with Crippen LogP contribution in [0.1, 0.15) is 30.7 Å². The zero-order valence-electron chi connectivity index (χ0n) is 16.3. The second kappa shape index (κ2) is 9.11. The van der Waals surface area contributed by atoms with Gasteiger partial charge >= 0.3 is 11.3 Å². The molecule has 1 aliphatic rings. The minimum Gasteiger partial charge on any atom is -0.607 e. The van der Waals surface area contributed by atoms with Crippen molar-refractivity contribution in [3.8, 4) is 6.07 Å². The highest BCUT2D eigenvalue weighted by atomic mass is 32.2. The summed E-state index contributed by atoms with van der Waals surface area (Å²) in [5, 5.41) is 11.0. The number of anilines is 1. The highest BCUT2D eigenvalue weighted by molar-refractivity contribution is 7.92. The molecule has 3 rings (SSSR count). The van der Waals surface area contributed by atoms with Crippen LogP contribution in [0, 0.1) is 17.2 Å². The molecule has 2 amide bonds. The molecule has 0 spiro atoms. The summed E-state index contributed by atoms with van der Waals surface area (Å²) in [5.74, 6) is -1.35. The summed E-state index contributed by atoms with van der Waals surface area (Å²) in [7, 11) is 1.28. The van der Waals surface area contributed by atoms with Crippen LogP contribution in [0.5, 0.6) is 0 Å². The quantitative estimate of drug-likeness (QED) is 0.546. The lowest BCUT2D eigenvalue weighted by Crippen LogP contribution is -2.47. The van der Waals surface area contributed by atoms with Gasteiger partial charge < -0.3 is 14.8 Å². The Bertz CT molecular complexity index is 970. The zero-order chi connectivity index (χ0) is 22.8. The maximum absolute atomic E-state index is 14.9. The van der Waals surface area contributed by atoms with E-state index in [0.717, 1.165) is 10.9 Å². The summed E-state index contributed by atoms with van der Waals surface area (Å²) in [4.78, 5) is 16.8. The van der Waals surface area contributed by atoms with E-state index >= 15 is 0 Å². The molecular formula is C18H18F4N6O2S. The highest BCUT2D eigenvalue weighted by Gasteiger charge is 2.54. The summed E-state index contributed by atoms with van der Waals surface area (Å²) >= 11 is -3.01. The minimum atomic E-state index is -3.76. The molecule has 1 fully saturated rings. The summed E-state index contributed by atoms with van der Waals surface area (Å²) < 4.78 is 69.2. The average molecular weight is 458 g/mol.